The highest BCUT2D eigenvalue weighted by atomic mass is 16.5. The molecule has 1 aliphatic rings. The minimum Gasteiger partial charge on any atom is -0.490 e. The van der Waals surface area contributed by atoms with Crippen molar-refractivity contribution in [1.82, 2.24) is 4.90 Å². The van der Waals surface area contributed by atoms with Crippen molar-refractivity contribution in [2.24, 2.45) is 0 Å². The first kappa shape index (κ1) is 19.8. The summed E-state index contributed by atoms with van der Waals surface area (Å²) in [5.74, 6) is 1.47. The topological polar surface area (TPSA) is 94.3 Å². The van der Waals surface area contributed by atoms with Crippen LogP contribution in [0.15, 0.2) is 42.5 Å². The van der Waals surface area contributed by atoms with Crippen molar-refractivity contribution in [2.45, 2.75) is 32.2 Å². The quantitative estimate of drug-likeness (QED) is 0.707. The zero-order valence-electron chi connectivity index (χ0n) is 16.0. The molecule has 2 aromatic carbocycles. The van der Waals surface area contributed by atoms with Gasteiger partial charge in [0.1, 0.15) is 24.2 Å². The van der Waals surface area contributed by atoms with E-state index in [2.05, 4.69) is 0 Å². The molecule has 0 atom stereocenters. The van der Waals surface area contributed by atoms with Crippen LogP contribution in [0.25, 0.3) is 0 Å². The first-order chi connectivity index (χ1) is 13.6. The van der Waals surface area contributed by atoms with Gasteiger partial charge in [-0.15, -0.1) is 0 Å². The fourth-order valence-electron chi connectivity index (χ4n) is 3.25. The van der Waals surface area contributed by atoms with E-state index in [9.17, 15) is 4.79 Å². The van der Waals surface area contributed by atoms with Crippen LogP contribution in [0.1, 0.15) is 24.0 Å². The fraction of sp³-hybridized carbons (Fsp3) is 0.381. The second kappa shape index (κ2) is 9.32. The van der Waals surface area contributed by atoms with Crippen molar-refractivity contribution in [3.8, 4) is 11.5 Å². The number of ether oxygens (including phenoxy) is 3. The van der Waals surface area contributed by atoms with Crippen LogP contribution in [0.2, 0.25) is 0 Å². The summed E-state index contributed by atoms with van der Waals surface area (Å²) >= 11 is 0. The van der Waals surface area contributed by atoms with Gasteiger partial charge in [0.25, 0.3) is 0 Å². The first-order valence-corrected chi connectivity index (χ1v) is 9.29. The van der Waals surface area contributed by atoms with Gasteiger partial charge in [-0.2, -0.15) is 0 Å². The van der Waals surface area contributed by atoms with E-state index < -0.39 is 6.09 Å². The molecular formula is C21H26N2O5. The maximum Gasteiger partial charge on any atom is 0.407 e. The molecule has 0 radical (unpaired) electrons. The molecule has 0 saturated carbocycles. The molecule has 0 unspecified atom stereocenters. The van der Waals surface area contributed by atoms with Gasteiger partial charge in [-0.05, 0) is 35.9 Å². The van der Waals surface area contributed by atoms with Gasteiger partial charge < -0.3 is 30.0 Å². The molecule has 28 heavy (non-hydrogen) atoms. The molecule has 1 aliphatic heterocycles. The second-order valence-electron chi connectivity index (χ2n) is 6.76. The summed E-state index contributed by atoms with van der Waals surface area (Å²) in [5.41, 5.74) is 8.69. The Kier molecular flexibility index (Phi) is 6.60. The maximum atomic E-state index is 11.0. The number of hydrogen-bond acceptors (Lipinski definition) is 5. The molecule has 0 spiro atoms. The number of amides is 1. The van der Waals surface area contributed by atoms with Crippen molar-refractivity contribution >= 4 is 11.8 Å². The first-order valence-electron chi connectivity index (χ1n) is 9.29. The van der Waals surface area contributed by atoms with E-state index in [0.717, 1.165) is 22.6 Å². The number of nitrogens with zero attached hydrogens (tertiary/aromatic N) is 1. The lowest BCUT2D eigenvalue weighted by Crippen LogP contribution is -2.41. The van der Waals surface area contributed by atoms with E-state index in [1.54, 1.807) is 7.11 Å². The molecule has 1 fully saturated rings. The Morgan fingerprint density at radius 3 is 2.43 bits per heavy atom. The van der Waals surface area contributed by atoms with Crippen LogP contribution in [0, 0.1) is 0 Å². The molecule has 1 amide bonds. The number of nitrogen functional groups attached to an aromatic ring is 1. The Hall–Kier alpha value is -2.93. The molecule has 150 valence electrons. The zero-order chi connectivity index (χ0) is 19.9. The lowest BCUT2D eigenvalue weighted by Gasteiger charge is -2.30. The lowest BCUT2D eigenvalue weighted by atomic mass is 10.1. The van der Waals surface area contributed by atoms with E-state index in [1.807, 2.05) is 42.5 Å². The highest BCUT2D eigenvalue weighted by Gasteiger charge is 2.23. The maximum absolute atomic E-state index is 11.0. The number of carbonyl (C=O) groups is 1. The van der Waals surface area contributed by atoms with Gasteiger partial charge in [0.15, 0.2) is 0 Å². The molecule has 0 bridgehead atoms. The van der Waals surface area contributed by atoms with Crippen LogP contribution < -0.4 is 15.2 Å². The number of anilines is 1. The van der Waals surface area contributed by atoms with Gasteiger partial charge in [-0.25, -0.2) is 4.79 Å². The van der Waals surface area contributed by atoms with E-state index >= 15 is 0 Å². The normalized spacial score (nSPS) is 14.7. The van der Waals surface area contributed by atoms with E-state index in [1.165, 1.54) is 4.90 Å². The molecule has 3 rings (SSSR count). The highest BCUT2D eigenvalue weighted by molar-refractivity contribution is 5.65. The number of hydrogen-bond donors (Lipinski definition) is 2. The van der Waals surface area contributed by atoms with Gasteiger partial charge in [0.05, 0.1) is 6.61 Å². The van der Waals surface area contributed by atoms with E-state index in [-0.39, 0.29) is 6.10 Å². The number of likely N-dealkylation sites (tertiary alicyclic amines) is 1. The Labute approximate surface area is 164 Å². The van der Waals surface area contributed by atoms with Crippen molar-refractivity contribution < 1.29 is 24.1 Å². The van der Waals surface area contributed by atoms with Crippen molar-refractivity contribution in [3.05, 3.63) is 53.6 Å². The monoisotopic (exact) mass is 386 g/mol. The fourth-order valence-corrected chi connectivity index (χ4v) is 3.25. The average Bonchev–Trinajstić information content (AvgIpc) is 2.69. The number of rotatable bonds is 7. The number of piperidine rings is 1. The summed E-state index contributed by atoms with van der Waals surface area (Å²) in [5, 5.41) is 9.00. The summed E-state index contributed by atoms with van der Waals surface area (Å²) in [6, 6.07) is 13.2. The molecule has 2 aromatic rings. The third-order valence-electron chi connectivity index (χ3n) is 4.83. The molecule has 7 heteroatoms. The number of nitrogens with two attached hydrogens (primary N) is 1. The van der Waals surface area contributed by atoms with Gasteiger partial charge in [-0.1, -0.05) is 12.1 Å². The molecule has 1 saturated heterocycles. The van der Waals surface area contributed by atoms with Crippen LogP contribution in [0.3, 0.4) is 0 Å². The van der Waals surface area contributed by atoms with Crippen LogP contribution >= 0.6 is 0 Å². The predicted molar refractivity (Wildman–Crippen MR) is 106 cm³/mol. The Bertz CT molecular complexity index is 786. The lowest BCUT2D eigenvalue weighted by molar-refractivity contribution is 0.0894. The Morgan fingerprint density at radius 2 is 1.79 bits per heavy atom. The van der Waals surface area contributed by atoms with Crippen molar-refractivity contribution in [1.29, 1.82) is 0 Å². The van der Waals surface area contributed by atoms with E-state index in [4.69, 9.17) is 25.1 Å². The summed E-state index contributed by atoms with van der Waals surface area (Å²) in [4.78, 5) is 12.4. The minimum absolute atomic E-state index is 0.0306. The molecule has 0 aliphatic carbocycles. The summed E-state index contributed by atoms with van der Waals surface area (Å²) in [7, 11) is 1.65. The SMILES string of the molecule is COCc1cccc(N)c1COc1ccc(OC2CCN(C(=O)O)CC2)cc1. The summed E-state index contributed by atoms with van der Waals surface area (Å²) in [6.45, 7) is 1.85. The van der Waals surface area contributed by atoms with Crippen molar-refractivity contribution in [2.75, 3.05) is 25.9 Å². The van der Waals surface area contributed by atoms with Gasteiger partial charge in [0.2, 0.25) is 0 Å². The zero-order valence-corrected chi connectivity index (χ0v) is 16.0. The predicted octanol–water partition coefficient (Wildman–Crippen LogP) is 3.52. The Balaban J connectivity index is 1.54. The van der Waals surface area contributed by atoms with Crippen LogP contribution in [-0.4, -0.2) is 42.4 Å². The standard InChI is InChI=1S/C21H26N2O5/c1-26-13-15-3-2-4-20(22)19(15)14-27-16-5-7-17(8-6-16)28-18-9-11-23(12-10-18)21(24)25/h2-8,18H,9-14,22H2,1H3,(H,24,25). The van der Waals surface area contributed by atoms with Gasteiger partial charge in [0, 0.05) is 44.3 Å². The molecule has 1 heterocycles. The number of methoxy groups -OCH3 is 1. The third-order valence-corrected chi connectivity index (χ3v) is 4.83. The number of benzene rings is 2. The van der Waals surface area contributed by atoms with Crippen LogP contribution in [-0.2, 0) is 18.0 Å². The number of carboxylic acid groups (broad SMARTS) is 1. The minimum atomic E-state index is -0.868. The second-order valence-corrected chi connectivity index (χ2v) is 6.76. The molecular weight excluding hydrogens is 360 g/mol. The van der Waals surface area contributed by atoms with Gasteiger partial charge >= 0.3 is 6.09 Å². The third kappa shape index (κ3) is 5.07. The smallest absolute Gasteiger partial charge is 0.407 e. The van der Waals surface area contributed by atoms with Crippen LogP contribution in [0.5, 0.6) is 11.5 Å². The molecule has 0 aromatic heterocycles. The summed E-state index contributed by atoms with van der Waals surface area (Å²) < 4.78 is 17.1. The van der Waals surface area contributed by atoms with Gasteiger partial charge in [-0.3, -0.25) is 0 Å². The largest absolute Gasteiger partial charge is 0.490 e. The molecule has 3 N–H and O–H groups in total. The van der Waals surface area contributed by atoms with Crippen LogP contribution in [0.4, 0.5) is 10.5 Å². The Morgan fingerprint density at radius 1 is 1.11 bits per heavy atom. The van der Waals surface area contributed by atoms with Crippen molar-refractivity contribution in [3.63, 3.8) is 0 Å². The summed E-state index contributed by atoms with van der Waals surface area (Å²) in [6.07, 6.45) is 0.552. The highest BCUT2D eigenvalue weighted by Crippen LogP contribution is 2.24. The average molecular weight is 386 g/mol. The van der Waals surface area contributed by atoms with E-state index in [0.29, 0.717) is 44.8 Å². The molecule has 7 nitrogen and oxygen atoms in total.